The fourth-order valence-electron chi connectivity index (χ4n) is 3.44. The molecule has 3 heteroatoms. The topological polar surface area (TPSA) is 26.7 Å². The molecule has 3 nitrogen and oxygen atoms in total. The number of β-amino-alcohol motifs (C(OH)–C–C–N with tert-alkyl or cyclic N) is 1. The molecule has 2 aromatic rings. The molecule has 1 aliphatic rings. The molecule has 1 N–H and O–H groups in total. The molecule has 1 saturated heterocycles. The van der Waals surface area contributed by atoms with Crippen LogP contribution in [0.2, 0.25) is 0 Å². The van der Waals surface area contributed by atoms with Gasteiger partial charge in [0.1, 0.15) is 0 Å². The molecule has 1 unspecified atom stereocenters. The van der Waals surface area contributed by atoms with E-state index in [4.69, 9.17) is 0 Å². The van der Waals surface area contributed by atoms with Crippen molar-refractivity contribution in [1.82, 2.24) is 9.80 Å². The monoisotopic (exact) mass is 312 g/mol. The summed E-state index contributed by atoms with van der Waals surface area (Å²) in [6.07, 6.45) is -0.406. The van der Waals surface area contributed by atoms with E-state index >= 15 is 0 Å². The minimum Gasteiger partial charge on any atom is -0.387 e. The fourth-order valence-corrected chi connectivity index (χ4v) is 3.44. The summed E-state index contributed by atoms with van der Waals surface area (Å²) in [5, 5.41) is 13.0. The van der Waals surface area contributed by atoms with E-state index in [1.54, 1.807) is 0 Å². The van der Waals surface area contributed by atoms with E-state index in [2.05, 4.69) is 60.0 Å². The number of hydrogen-bond donors (Lipinski definition) is 1. The molecule has 124 valence electrons. The van der Waals surface area contributed by atoms with E-state index < -0.39 is 6.10 Å². The van der Waals surface area contributed by atoms with E-state index in [0.717, 1.165) is 44.2 Å². The third kappa shape index (κ3) is 4.31. The second-order valence-electron chi connectivity index (χ2n) is 7.12. The number of aliphatic hydroxyl groups excluding tert-OH is 1. The summed E-state index contributed by atoms with van der Waals surface area (Å²) in [4.78, 5) is 4.92. The molecule has 0 radical (unpaired) electrons. The zero-order chi connectivity index (χ0) is 16.2. The second-order valence-corrected chi connectivity index (χ2v) is 7.12. The summed E-state index contributed by atoms with van der Waals surface area (Å²) in [5.41, 5.74) is 1.02. The Kier molecular flexibility index (Phi) is 5.31. The van der Waals surface area contributed by atoms with Crippen molar-refractivity contribution < 1.29 is 5.11 Å². The summed E-state index contributed by atoms with van der Waals surface area (Å²) in [7, 11) is 0. The first-order valence-electron chi connectivity index (χ1n) is 8.73. The van der Waals surface area contributed by atoms with Crippen molar-refractivity contribution in [3.63, 3.8) is 0 Å². The lowest BCUT2D eigenvalue weighted by molar-refractivity contribution is 0.0688. The van der Waals surface area contributed by atoms with Crippen molar-refractivity contribution in [2.24, 2.45) is 5.92 Å². The van der Waals surface area contributed by atoms with Crippen LogP contribution in [0.25, 0.3) is 10.8 Å². The van der Waals surface area contributed by atoms with Gasteiger partial charge in [0.2, 0.25) is 0 Å². The maximum atomic E-state index is 10.6. The normalized spacial score (nSPS) is 18.6. The smallest absolute Gasteiger partial charge is 0.0917 e. The third-order valence-electron chi connectivity index (χ3n) is 4.68. The Bertz CT molecular complexity index is 632. The largest absolute Gasteiger partial charge is 0.387 e. The summed E-state index contributed by atoms with van der Waals surface area (Å²) < 4.78 is 0. The lowest BCUT2D eigenvalue weighted by Crippen LogP contribution is -2.48. The lowest BCUT2D eigenvalue weighted by Gasteiger charge is -2.36. The van der Waals surface area contributed by atoms with Crippen LogP contribution < -0.4 is 0 Å². The fraction of sp³-hybridized carbons (Fsp3) is 0.500. The van der Waals surface area contributed by atoms with Gasteiger partial charge in [0.15, 0.2) is 0 Å². The van der Waals surface area contributed by atoms with Gasteiger partial charge in [-0.1, -0.05) is 50.2 Å². The molecule has 2 aromatic carbocycles. The predicted octanol–water partition coefficient (Wildman–Crippen LogP) is 3.15. The highest BCUT2D eigenvalue weighted by atomic mass is 16.3. The highest BCUT2D eigenvalue weighted by Crippen LogP contribution is 2.21. The Hall–Kier alpha value is -1.42. The van der Waals surface area contributed by atoms with Gasteiger partial charge in [-0.2, -0.15) is 0 Å². The van der Waals surface area contributed by atoms with Gasteiger partial charge in [0, 0.05) is 39.3 Å². The number of hydrogen-bond acceptors (Lipinski definition) is 3. The molecule has 1 heterocycles. The van der Waals surface area contributed by atoms with Crippen molar-refractivity contribution in [2.75, 3.05) is 39.3 Å². The van der Waals surface area contributed by atoms with Gasteiger partial charge in [-0.3, -0.25) is 4.90 Å². The minimum absolute atomic E-state index is 0.406. The Balaban J connectivity index is 1.57. The van der Waals surface area contributed by atoms with Crippen LogP contribution >= 0.6 is 0 Å². The van der Waals surface area contributed by atoms with Gasteiger partial charge >= 0.3 is 0 Å². The van der Waals surface area contributed by atoms with Crippen LogP contribution in [0.5, 0.6) is 0 Å². The maximum absolute atomic E-state index is 10.6. The highest BCUT2D eigenvalue weighted by molar-refractivity contribution is 5.83. The molecule has 1 aliphatic heterocycles. The lowest BCUT2D eigenvalue weighted by atomic mass is 10.0. The average Bonchev–Trinajstić information content (AvgIpc) is 2.55. The van der Waals surface area contributed by atoms with Crippen molar-refractivity contribution in [3.8, 4) is 0 Å². The molecule has 0 aliphatic carbocycles. The maximum Gasteiger partial charge on any atom is 0.0917 e. The molecule has 0 amide bonds. The van der Waals surface area contributed by atoms with Gasteiger partial charge in [-0.15, -0.1) is 0 Å². The Morgan fingerprint density at radius 1 is 0.870 bits per heavy atom. The summed E-state index contributed by atoms with van der Waals surface area (Å²) >= 11 is 0. The number of fused-ring (bicyclic) bond motifs is 1. The molecular weight excluding hydrogens is 284 g/mol. The van der Waals surface area contributed by atoms with Crippen molar-refractivity contribution in [3.05, 3.63) is 48.0 Å². The van der Waals surface area contributed by atoms with Crippen LogP contribution in [-0.4, -0.2) is 54.2 Å². The Labute approximate surface area is 139 Å². The van der Waals surface area contributed by atoms with Gasteiger partial charge in [-0.25, -0.2) is 0 Å². The molecule has 0 saturated carbocycles. The van der Waals surface area contributed by atoms with Gasteiger partial charge in [-0.05, 0) is 28.3 Å². The summed E-state index contributed by atoms with van der Waals surface area (Å²) in [6.45, 7) is 10.8. The van der Waals surface area contributed by atoms with E-state index in [1.165, 1.54) is 17.3 Å². The summed E-state index contributed by atoms with van der Waals surface area (Å²) in [5.74, 6) is 0.727. The van der Waals surface area contributed by atoms with E-state index in [1.807, 2.05) is 6.07 Å². The molecule has 0 bridgehead atoms. The van der Waals surface area contributed by atoms with Crippen LogP contribution in [-0.2, 0) is 0 Å². The number of benzene rings is 2. The third-order valence-corrected chi connectivity index (χ3v) is 4.68. The molecule has 0 spiro atoms. The highest BCUT2D eigenvalue weighted by Gasteiger charge is 2.20. The van der Waals surface area contributed by atoms with Gasteiger partial charge < -0.3 is 10.0 Å². The number of nitrogens with zero attached hydrogens (tertiary/aromatic N) is 2. The first-order valence-corrected chi connectivity index (χ1v) is 8.73. The van der Waals surface area contributed by atoms with Gasteiger partial charge in [0.05, 0.1) is 6.10 Å². The molecule has 1 fully saturated rings. The number of piperazine rings is 1. The second kappa shape index (κ2) is 7.43. The number of rotatable bonds is 5. The van der Waals surface area contributed by atoms with Gasteiger partial charge in [0.25, 0.3) is 0 Å². The van der Waals surface area contributed by atoms with Crippen LogP contribution in [0.3, 0.4) is 0 Å². The molecule has 0 aromatic heterocycles. The first-order chi connectivity index (χ1) is 11.1. The van der Waals surface area contributed by atoms with E-state index in [9.17, 15) is 5.11 Å². The molecular formula is C20H28N2O. The van der Waals surface area contributed by atoms with Crippen LogP contribution in [0.15, 0.2) is 42.5 Å². The molecule has 1 atom stereocenters. The average molecular weight is 312 g/mol. The summed E-state index contributed by atoms with van der Waals surface area (Å²) in [6, 6.07) is 14.6. The molecule has 23 heavy (non-hydrogen) atoms. The van der Waals surface area contributed by atoms with Crippen LogP contribution in [0.1, 0.15) is 25.5 Å². The number of aliphatic hydroxyl groups is 1. The Morgan fingerprint density at radius 3 is 2.13 bits per heavy atom. The van der Waals surface area contributed by atoms with Crippen molar-refractivity contribution in [2.45, 2.75) is 20.0 Å². The van der Waals surface area contributed by atoms with Crippen LogP contribution in [0, 0.1) is 5.92 Å². The Morgan fingerprint density at radius 2 is 1.48 bits per heavy atom. The molecule has 3 rings (SSSR count). The zero-order valence-corrected chi connectivity index (χ0v) is 14.3. The van der Waals surface area contributed by atoms with Crippen molar-refractivity contribution in [1.29, 1.82) is 0 Å². The quantitative estimate of drug-likeness (QED) is 0.919. The standard InChI is InChI=1S/C20H28N2O/c1-16(2)14-21-9-11-22(12-10-21)15-20(23)19-8-7-17-5-3-4-6-18(17)13-19/h3-8,13,16,20,23H,9-12,14-15H2,1-2H3. The van der Waals surface area contributed by atoms with E-state index in [0.29, 0.717) is 0 Å². The first kappa shape index (κ1) is 16.4. The van der Waals surface area contributed by atoms with Crippen LogP contribution in [0.4, 0.5) is 0 Å². The minimum atomic E-state index is -0.406. The zero-order valence-electron chi connectivity index (χ0n) is 14.3. The SMILES string of the molecule is CC(C)CN1CCN(CC(O)c2ccc3ccccc3c2)CC1. The predicted molar refractivity (Wildman–Crippen MR) is 96.6 cm³/mol. The van der Waals surface area contributed by atoms with Crippen molar-refractivity contribution >= 4 is 10.8 Å². The van der Waals surface area contributed by atoms with E-state index in [-0.39, 0.29) is 0 Å².